The average Bonchev–Trinajstić information content (AvgIpc) is 2.34. The molecule has 0 radical (unpaired) electrons. The Labute approximate surface area is 95.7 Å². The van der Waals surface area contributed by atoms with Crippen LogP contribution in [-0.2, 0) is 0 Å². The molecule has 80 valence electrons. The fourth-order valence-corrected chi connectivity index (χ4v) is 1.46. The van der Waals surface area contributed by atoms with Crippen LogP contribution in [0.1, 0.15) is 12.6 Å². The molecule has 0 fully saturated rings. The molecule has 16 heavy (non-hydrogen) atoms. The molecule has 0 amide bonds. The smallest absolute Gasteiger partial charge is 0.113 e. The van der Waals surface area contributed by atoms with Crippen molar-refractivity contribution in [2.45, 2.75) is 6.92 Å². The fourth-order valence-electron chi connectivity index (χ4n) is 1.46. The number of para-hydroxylation sites is 1. The van der Waals surface area contributed by atoms with E-state index in [1.54, 1.807) is 0 Å². The number of pyridine rings is 1. The van der Waals surface area contributed by atoms with E-state index in [1.165, 1.54) is 0 Å². The van der Waals surface area contributed by atoms with E-state index in [1.807, 2.05) is 24.3 Å². The Morgan fingerprint density at radius 2 is 2.06 bits per heavy atom. The Morgan fingerprint density at radius 1 is 1.19 bits per heavy atom. The lowest BCUT2D eigenvalue weighted by Crippen LogP contribution is -2.11. The number of fused-ring (bicyclic) bond motifs is 1. The summed E-state index contributed by atoms with van der Waals surface area (Å²) >= 11 is 0. The lowest BCUT2D eigenvalue weighted by molar-refractivity contribution is 0.811. The van der Waals surface area contributed by atoms with E-state index >= 15 is 0 Å². The standard InChI is InChI=1S/C14H14N2/c1-2-15-11-5-7-13-10-9-12-6-3-4-8-14(12)16-13/h3-4,6,8-10,15H,2,11H2,1H3. The summed E-state index contributed by atoms with van der Waals surface area (Å²) in [6.07, 6.45) is 0. The van der Waals surface area contributed by atoms with E-state index in [4.69, 9.17) is 0 Å². The number of benzene rings is 1. The van der Waals surface area contributed by atoms with Crippen molar-refractivity contribution in [3.8, 4) is 11.8 Å². The van der Waals surface area contributed by atoms with E-state index in [0.29, 0.717) is 6.54 Å². The van der Waals surface area contributed by atoms with E-state index < -0.39 is 0 Å². The second-order valence-corrected chi connectivity index (χ2v) is 3.47. The minimum atomic E-state index is 0.713. The van der Waals surface area contributed by atoms with Crippen LogP contribution >= 0.6 is 0 Å². The van der Waals surface area contributed by atoms with Crippen LogP contribution in [0.4, 0.5) is 0 Å². The van der Waals surface area contributed by atoms with E-state index in [9.17, 15) is 0 Å². The van der Waals surface area contributed by atoms with Gasteiger partial charge in [0.2, 0.25) is 0 Å². The number of nitrogens with one attached hydrogen (secondary N) is 1. The second-order valence-electron chi connectivity index (χ2n) is 3.47. The maximum atomic E-state index is 4.47. The Bertz CT molecular complexity index is 535. The van der Waals surface area contributed by atoms with Crippen LogP contribution in [0, 0.1) is 11.8 Å². The monoisotopic (exact) mass is 210 g/mol. The Kier molecular flexibility index (Phi) is 3.53. The molecule has 0 atom stereocenters. The minimum absolute atomic E-state index is 0.713. The zero-order valence-electron chi connectivity index (χ0n) is 9.33. The molecule has 0 aliphatic carbocycles. The summed E-state index contributed by atoms with van der Waals surface area (Å²) in [7, 11) is 0. The van der Waals surface area contributed by atoms with Crippen LogP contribution in [0.15, 0.2) is 36.4 Å². The first kappa shape index (κ1) is 10.7. The Morgan fingerprint density at radius 3 is 2.94 bits per heavy atom. The molecule has 2 heteroatoms. The normalized spacial score (nSPS) is 9.81. The predicted molar refractivity (Wildman–Crippen MR) is 67.2 cm³/mol. The molecule has 0 saturated carbocycles. The van der Waals surface area contributed by atoms with Crippen LogP contribution in [-0.4, -0.2) is 18.1 Å². The lowest BCUT2D eigenvalue weighted by Gasteiger charge is -1.96. The third kappa shape index (κ3) is 2.59. The highest BCUT2D eigenvalue weighted by Crippen LogP contribution is 2.10. The van der Waals surface area contributed by atoms with Gasteiger partial charge in [-0.1, -0.05) is 37.1 Å². The van der Waals surface area contributed by atoms with Gasteiger partial charge in [-0.25, -0.2) is 4.98 Å². The van der Waals surface area contributed by atoms with Crippen LogP contribution in [0.2, 0.25) is 0 Å². The maximum Gasteiger partial charge on any atom is 0.113 e. The molecule has 2 rings (SSSR count). The largest absolute Gasteiger partial charge is 0.306 e. The zero-order chi connectivity index (χ0) is 11.2. The molecular formula is C14H14N2. The molecule has 0 aliphatic heterocycles. The third-order valence-corrected chi connectivity index (χ3v) is 2.28. The topological polar surface area (TPSA) is 24.9 Å². The van der Waals surface area contributed by atoms with Crippen molar-refractivity contribution in [1.82, 2.24) is 10.3 Å². The van der Waals surface area contributed by atoms with Gasteiger partial charge in [-0.15, -0.1) is 0 Å². The highest BCUT2D eigenvalue weighted by molar-refractivity contribution is 5.78. The van der Waals surface area contributed by atoms with Crippen molar-refractivity contribution >= 4 is 10.9 Å². The Hall–Kier alpha value is -1.85. The first-order valence-electron chi connectivity index (χ1n) is 5.45. The number of rotatable bonds is 2. The SMILES string of the molecule is CCNCC#Cc1ccc2ccccc2n1. The highest BCUT2D eigenvalue weighted by atomic mass is 14.8. The fraction of sp³-hybridized carbons (Fsp3) is 0.214. The van der Waals surface area contributed by atoms with Crippen molar-refractivity contribution in [3.63, 3.8) is 0 Å². The summed E-state index contributed by atoms with van der Waals surface area (Å²) in [4.78, 5) is 4.47. The summed E-state index contributed by atoms with van der Waals surface area (Å²) < 4.78 is 0. The van der Waals surface area contributed by atoms with Gasteiger partial charge in [-0.2, -0.15) is 0 Å². The van der Waals surface area contributed by atoms with Gasteiger partial charge in [0.25, 0.3) is 0 Å². The van der Waals surface area contributed by atoms with Gasteiger partial charge in [0.1, 0.15) is 5.69 Å². The summed E-state index contributed by atoms with van der Waals surface area (Å²) in [5.74, 6) is 6.09. The van der Waals surface area contributed by atoms with Crippen molar-refractivity contribution in [2.24, 2.45) is 0 Å². The van der Waals surface area contributed by atoms with Crippen molar-refractivity contribution in [1.29, 1.82) is 0 Å². The van der Waals surface area contributed by atoms with E-state index in [-0.39, 0.29) is 0 Å². The number of hydrogen-bond donors (Lipinski definition) is 1. The van der Waals surface area contributed by atoms with Gasteiger partial charge in [0, 0.05) is 5.39 Å². The first-order valence-corrected chi connectivity index (χ1v) is 5.45. The summed E-state index contributed by atoms with van der Waals surface area (Å²) in [5, 5.41) is 4.31. The average molecular weight is 210 g/mol. The van der Waals surface area contributed by atoms with E-state index in [0.717, 1.165) is 23.1 Å². The van der Waals surface area contributed by atoms with Crippen LogP contribution < -0.4 is 5.32 Å². The van der Waals surface area contributed by atoms with Crippen LogP contribution in [0.5, 0.6) is 0 Å². The van der Waals surface area contributed by atoms with Gasteiger partial charge in [-0.3, -0.25) is 0 Å². The summed E-state index contributed by atoms with van der Waals surface area (Å²) in [5.41, 5.74) is 1.83. The zero-order valence-corrected chi connectivity index (χ0v) is 9.33. The molecule has 0 aliphatic rings. The molecule has 0 unspecified atom stereocenters. The van der Waals surface area contributed by atoms with Crippen molar-refractivity contribution in [2.75, 3.05) is 13.1 Å². The highest BCUT2D eigenvalue weighted by Gasteiger charge is 1.93. The quantitative estimate of drug-likeness (QED) is 0.607. The maximum absolute atomic E-state index is 4.47. The van der Waals surface area contributed by atoms with Gasteiger partial charge in [0.15, 0.2) is 0 Å². The third-order valence-electron chi connectivity index (χ3n) is 2.28. The molecule has 1 aromatic carbocycles. The van der Waals surface area contributed by atoms with Crippen molar-refractivity contribution < 1.29 is 0 Å². The first-order chi connectivity index (χ1) is 7.90. The molecular weight excluding hydrogens is 196 g/mol. The molecule has 0 spiro atoms. The van der Waals surface area contributed by atoms with Crippen LogP contribution in [0.3, 0.4) is 0 Å². The molecule has 1 heterocycles. The molecule has 0 bridgehead atoms. The summed E-state index contributed by atoms with van der Waals surface area (Å²) in [6.45, 7) is 3.72. The molecule has 1 N–H and O–H groups in total. The number of hydrogen-bond acceptors (Lipinski definition) is 2. The second kappa shape index (κ2) is 5.29. The molecule has 0 saturated heterocycles. The predicted octanol–water partition coefficient (Wildman–Crippen LogP) is 2.20. The number of nitrogens with zero attached hydrogens (tertiary/aromatic N) is 1. The summed E-state index contributed by atoms with van der Waals surface area (Å²) in [6, 6.07) is 12.1. The molecule has 1 aromatic heterocycles. The number of aromatic nitrogens is 1. The van der Waals surface area contributed by atoms with Gasteiger partial charge < -0.3 is 5.32 Å². The van der Waals surface area contributed by atoms with Crippen LogP contribution in [0.25, 0.3) is 10.9 Å². The van der Waals surface area contributed by atoms with Gasteiger partial charge in [0.05, 0.1) is 12.1 Å². The minimum Gasteiger partial charge on any atom is -0.306 e. The molecule has 2 aromatic rings. The lowest BCUT2D eigenvalue weighted by atomic mass is 10.2. The van der Waals surface area contributed by atoms with Crippen molar-refractivity contribution in [3.05, 3.63) is 42.1 Å². The Balaban J connectivity index is 2.21. The van der Waals surface area contributed by atoms with Gasteiger partial charge >= 0.3 is 0 Å². The molecule has 2 nitrogen and oxygen atoms in total. The van der Waals surface area contributed by atoms with Gasteiger partial charge in [-0.05, 0) is 24.6 Å². The van der Waals surface area contributed by atoms with E-state index in [2.05, 4.69) is 41.2 Å².